The Kier molecular flexibility index (Phi) is 3.61. The Morgan fingerprint density at radius 3 is 2.47 bits per heavy atom. The first kappa shape index (κ1) is 13.6. The van der Waals surface area contributed by atoms with Gasteiger partial charge in [0.1, 0.15) is 6.61 Å². The van der Waals surface area contributed by atoms with Crippen molar-refractivity contribution in [3.8, 4) is 0 Å². The molecule has 0 aliphatic carbocycles. The van der Waals surface area contributed by atoms with Crippen LogP contribution in [0.4, 0.5) is 13.2 Å². The number of ether oxygens (including phenoxy) is 2. The first-order valence-corrected chi connectivity index (χ1v) is 5.56. The highest BCUT2D eigenvalue weighted by Crippen LogP contribution is 2.29. The molecule has 6 heteroatoms. The maximum absolute atomic E-state index is 12.4. The molecule has 1 aromatic rings. The number of halogens is 3. The second-order valence-corrected chi connectivity index (χ2v) is 4.05. The van der Waals surface area contributed by atoms with Gasteiger partial charge in [0.15, 0.2) is 12.0 Å². The van der Waals surface area contributed by atoms with Crippen LogP contribution in [0.2, 0.25) is 0 Å². The van der Waals surface area contributed by atoms with Gasteiger partial charge in [-0.1, -0.05) is 12.1 Å². The van der Waals surface area contributed by atoms with E-state index < -0.39 is 18.0 Å². The second kappa shape index (κ2) is 5.05. The van der Waals surface area contributed by atoms with Crippen LogP contribution in [0.15, 0.2) is 30.0 Å². The van der Waals surface area contributed by atoms with Crippen LogP contribution < -0.4 is 0 Å². The summed E-state index contributed by atoms with van der Waals surface area (Å²) in [5, 5.41) is 0. The number of Topliss-reactive ketones (excluding diaryl/α,β-unsaturated/α-hetero) is 1. The van der Waals surface area contributed by atoms with Crippen molar-refractivity contribution >= 4 is 11.9 Å². The Hall–Kier alpha value is -1.82. The summed E-state index contributed by atoms with van der Waals surface area (Å²) in [6.45, 7) is 1.54. The Morgan fingerprint density at radius 2 is 1.89 bits per heavy atom. The van der Waals surface area contributed by atoms with Gasteiger partial charge in [-0.3, -0.25) is 4.79 Å². The fourth-order valence-corrected chi connectivity index (χ4v) is 1.58. The van der Waals surface area contributed by atoms with Gasteiger partial charge in [0, 0.05) is 0 Å². The number of benzene rings is 1. The third-order valence-electron chi connectivity index (χ3n) is 2.55. The Bertz CT molecular complexity index is 503. The van der Waals surface area contributed by atoms with Crippen molar-refractivity contribution in [1.29, 1.82) is 0 Å². The molecular formula is C13H11F3O3. The zero-order valence-electron chi connectivity index (χ0n) is 10.0. The highest BCUT2D eigenvalue weighted by Gasteiger charge is 2.30. The monoisotopic (exact) mass is 272 g/mol. The number of carbonyl (C=O) groups excluding carboxylic acids is 1. The van der Waals surface area contributed by atoms with Gasteiger partial charge < -0.3 is 9.47 Å². The van der Waals surface area contributed by atoms with Crippen molar-refractivity contribution < 1.29 is 27.4 Å². The molecule has 0 amide bonds. The molecule has 0 saturated carbocycles. The van der Waals surface area contributed by atoms with Crippen LogP contribution in [0, 0.1) is 0 Å². The summed E-state index contributed by atoms with van der Waals surface area (Å²) in [4.78, 5) is 11.5. The summed E-state index contributed by atoms with van der Waals surface area (Å²) in [6.07, 6.45) is -3.51. The van der Waals surface area contributed by atoms with Crippen LogP contribution in [0.25, 0.3) is 6.08 Å². The first-order valence-electron chi connectivity index (χ1n) is 5.56. The van der Waals surface area contributed by atoms with Gasteiger partial charge in [-0.2, -0.15) is 13.2 Å². The molecule has 0 radical (unpaired) electrons. The van der Waals surface area contributed by atoms with E-state index in [2.05, 4.69) is 0 Å². The summed E-state index contributed by atoms with van der Waals surface area (Å²) in [7, 11) is 0. The molecule has 0 aromatic heterocycles. The van der Waals surface area contributed by atoms with Crippen molar-refractivity contribution in [2.75, 3.05) is 6.61 Å². The van der Waals surface area contributed by atoms with Crippen molar-refractivity contribution in [1.82, 2.24) is 0 Å². The van der Waals surface area contributed by atoms with Gasteiger partial charge >= 0.3 is 6.18 Å². The van der Waals surface area contributed by atoms with E-state index in [1.165, 1.54) is 18.2 Å². The number of hydrogen-bond acceptors (Lipinski definition) is 3. The van der Waals surface area contributed by atoms with Gasteiger partial charge in [0.2, 0.25) is 5.78 Å². The molecule has 1 heterocycles. The predicted octanol–water partition coefficient (Wildman–Crippen LogP) is 3.01. The van der Waals surface area contributed by atoms with Crippen molar-refractivity contribution in [2.24, 2.45) is 0 Å². The van der Waals surface area contributed by atoms with E-state index in [-0.39, 0.29) is 18.1 Å². The standard InChI is InChI=1S/C13H11F3O3/c1-8-18-7-11(17)12(19-8)6-9-2-4-10(5-3-9)13(14,15)16/h2-6,8H,7H2,1H3/b12-6-. The zero-order chi connectivity index (χ0) is 14.0. The van der Waals surface area contributed by atoms with Gasteiger partial charge in [-0.25, -0.2) is 0 Å². The van der Waals surface area contributed by atoms with E-state index in [1.807, 2.05) is 0 Å². The molecule has 1 aliphatic heterocycles. The van der Waals surface area contributed by atoms with Crippen molar-refractivity contribution in [2.45, 2.75) is 19.4 Å². The van der Waals surface area contributed by atoms with Crippen LogP contribution in [0.5, 0.6) is 0 Å². The molecule has 0 N–H and O–H groups in total. The number of hydrogen-bond donors (Lipinski definition) is 0. The highest BCUT2D eigenvalue weighted by atomic mass is 19.4. The number of rotatable bonds is 1. The highest BCUT2D eigenvalue weighted by molar-refractivity contribution is 5.98. The third-order valence-corrected chi connectivity index (χ3v) is 2.55. The second-order valence-electron chi connectivity index (χ2n) is 4.05. The van der Waals surface area contributed by atoms with Crippen LogP contribution >= 0.6 is 0 Å². The van der Waals surface area contributed by atoms with Gasteiger partial charge in [0.25, 0.3) is 0 Å². The molecule has 1 fully saturated rings. The summed E-state index contributed by atoms with van der Waals surface area (Å²) >= 11 is 0. The maximum Gasteiger partial charge on any atom is 0.416 e. The van der Waals surface area contributed by atoms with E-state index in [9.17, 15) is 18.0 Å². The van der Waals surface area contributed by atoms with Crippen LogP contribution in [0.1, 0.15) is 18.1 Å². The minimum atomic E-state index is -4.37. The number of carbonyl (C=O) groups is 1. The fraction of sp³-hybridized carbons (Fsp3) is 0.308. The number of alkyl halides is 3. The molecule has 19 heavy (non-hydrogen) atoms. The summed E-state index contributed by atoms with van der Waals surface area (Å²) in [6, 6.07) is 4.48. The minimum absolute atomic E-state index is 0.0896. The lowest BCUT2D eigenvalue weighted by molar-refractivity contribution is -0.160. The lowest BCUT2D eigenvalue weighted by Gasteiger charge is -2.22. The Morgan fingerprint density at radius 1 is 1.26 bits per heavy atom. The molecule has 1 saturated heterocycles. The average Bonchev–Trinajstić information content (AvgIpc) is 2.33. The summed E-state index contributed by atoms with van der Waals surface area (Å²) < 4.78 is 47.3. The third kappa shape index (κ3) is 3.35. The van der Waals surface area contributed by atoms with E-state index in [1.54, 1.807) is 6.92 Å². The topological polar surface area (TPSA) is 35.5 Å². The molecule has 0 bridgehead atoms. The predicted molar refractivity (Wildman–Crippen MR) is 60.9 cm³/mol. The normalized spacial score (nSPS) is 22.4. The fourth-order valence-electron chi connectivity index (χ4n) is 1.58. The smallest absolute Gasteiger partial charge is 0.416 e. The molecule has 0 spiro atoms. The molecule has 3 nitrogen and oxygen atoms in total. The average molecular weight is 272 g/mol. The molecule has 1 aliphatic rings. The molecule has 1 atom stereocenters. The van der Waals surface area contributed by atoms with E-state index in [0.29, 0.717) is 5.56 Å². The molecule has 1 aromatic carbocycles. The minimum Gasteiger partial charge on any atom is -0.461 e. The Labute approximate surface area is 107 Å². The van der Waals surface area contributed by atoms with E-state index in [4.69, 9.17) is 9.47 Å². The van der Waals surface area contributed by atoms with Crippen LogP contribution in [-0.2, 0) is 20.4 Å². The van der Waals surface area contributed by atoms with Crippen molar-refractivity contribution in [3.05, 3.63) is 41.2 Å². The Balaban J connectivity index is 2.21. The van der Waals surface area contributed by atoms with Gasteiger partial charge in [-0.15, -0.1) is 0 Å². The number of ketones is 1. The lowest BCUT2D eigenvalue weighted by atomic mass is 10.1. The zero-order valence-corrected chi connectivity index (χ0v) is 10.0. The van der Waals surface area contributed by atoms with Gasteiger partial charge in [0.05, 0.1) is 5.56 Å². The van der Waals surface area contributed by atoms with E-state index >= 15 is 0 Å². The van der Waals surface area contributed by atoms with Crippen LogP contribution in [0.3, 0.4) is 0 Å². The van der Waals surface area contributed by atoms with Crippen molar-refractivity contribution in [3.63, 3.8) is 0 Å². The van der Waals surface area contributed by atoms with Gasteiger partial charge in [-0.05, 0) is 30.7 Å². The largest absolute Gasteiger partial charge is 0.461 e. The SMILES string of the molecule is CC1OCC(=O)/C(=C/c2ccc(C(F)(F)F)cc2)O1. The quantitative estimate of drug-likeness (QED) is 0.737. The summed E-state index contributed by atoms with van der Waals surface area (Å²) in [5.41, 5.74) is -0.271. The van der Waals surface area contributed by atoms with Crippen LogP contribution in [-0.4, -0.2) is 18.7 Å². The lowest BCUT2D eigenvalue weighted by Crippen LogP contribution is -2.28. The molecular weight excluding hydrogens is 261 g/mol. The maximum atomic E-state index is 12.4. The molecule has 102 valence electrons. The summed E-state index contributed by atoms with van der Waals surface area (Å²) in [5.74, 6) is -0.239. The molecule has 1 unspecified atom stereocenters. The van der Waals surface area contributed by atoms with E-state index in [0.717, 1.165) is 12.1 Å². The first-order chi connectivity index (χ1) is 8.86. The molecule has 2 rings (SSSR count).